The highest BCUT2D eigenvalue weighted by atomic mass is 32.2. The first-order valence-electron chi connectivity index (χ1n) is 10.0. The molecule has 1 aromatic heterocycles. The Bertz CT molecular complexity index is 766. The molecule has 0 spiro atoms. The molecule has 2 aromatic rings. The molecule has 0 radical (unpaired) electrons. The summed E-state index contributed by atoms with van der Waals surface area (Å²) in [4.78, 5) is 4.23. The summed E-state index contributed by atoms with van der Waals surface area (Å²) in [6, 6.07) is 14.0. The molecule has 2 unspecified atom stereocenters. The molecule has 4 nitrogen and oxygen atoms in total. The number of aromatic nitrogens is 1. The lowest BCUT2D eigenvalue weighted by Gasteiger charge is -2.16. The molecule has 0 aliphatic heterocycles. The highest BCUT2D eigenvalue weighted by Crippen LogP contribution is 2.50. The van der Waals surface area contributed by atoms with Crippen LogP contribution < -0.4 is 4.52 Å². The second-order valence-corrected chi connectivity index (χ2v) is 10.0. The number of thioether (sulfide) groups is 1. The predicted octanol–water partition coefficient (Wildman–Crippen LogP) is 7.46. The van der Waals surface area contributed by atoms with Crippen LogP contribution in [0.3, 0.4) is 0 Å². The lowest BCUT2D eigenvalue weighted by molar-refractivity contribution is 0.478. The van der Waals surface area contributed by atoms with Crippen molar-refractivity contribution in [3.8, 4) is 5.75 Å². The molecule has 1 aromatic carbocycles. The lowest BCUT2D eigenvalue weighted by Crippen LogP contribution is -1.98. The number of hydrogen-bond acceptors (Lipinski definition) is 4. The van der Waals surface area contributed by atoms with Gasteiger partial charge < -0.3 is 4.52 Å². The normalized spacial score (nSPS) is 14.7. The molecule has 0 saturated carbocycles. The molecular formula is C22H31N2O2PS. The van der Waals surface area contributed by atoms with Crippen molar-refractivity contribution < 1.29 is 9.09 Å². The minimum atomic E-state index is -3.15. The van der Waals surface area contributed by atoms with Gasteiger partial charge in [-0.15, -0.1) is 11.8 Å². The second-order valence-electron chi connectivity index (χ2n) is 6.81. The molecule has 0 fully saturated rings. The molecule has 0 saturated heterocycles. The van der Waals surface area contributed by atoms with Crippen LogP contribution >= 0.6 is 19.3 Å². The van der Waals surface area contributed by atoms with E-state index < -0.39 is 7.52 Å². The number of pyridine rings is 1. The summed E-state index contributed by atoms with van der Waals surface area (Å²) < 4.78 is 23.6. The Morgan fingerprint density at radius 3 is 2.57 bits per heavy atom. The third-order valence-electron chi connectivity index (χ3n) is 4.42. The lowest BCUT2D eigenvalue weighted by atomic mass is 10.1. The molecule has 2 rings (SSSR count). The van der Waals surface area contributed by atoms with Crippen LogP contribution in [0.5, 0.6) is 5.75 Å². The molecule has 1 heterocycles. The van der Waals surface area contributed by atoms with E-state index in [4.69, 9.17) is 4.52 Å². The van der Waals surface area contributed by atoms with Crippen molar-refractivity contribution in [3.05, 3.63) is 59.9 Å². The maximum absolute atomic E-state index is 13.4. The summed E-state index contributed by atoms with van der Waals surface area (Å²) in [5, 5.41) is 0.291. The third kappa shape index (κ3) is 7.81. The zero-order valence-corrected chi connectivity index (χ0v) is 18.8. The highest BCUT2D eigenvalue weighted by Gasteiger charge is 2.23. The topological polar surface area (TPSA) is 51.5 Å². The van der Waals surface area contributed by atoms with Gasteiger partial charge in [0.1, 0.15) is 5.75 Å². The van der Waals surface area contributed by atoms with E-state index in [0.717, 1.165) is 37.8 Å². The van der Waals surface area contributed by atoms with Crippen LogP contribution in [0.1, 0.15) is 62.5 Å². The van der Waals surface area contributed by atoms with Crippen molar-refractivity contribution in [1.29, 1.82) is 0 Å². The monoisotopic (exact) mass is 418 g/mol. The van der Waals surface area contributed by atoms with Crippen molar-refractivity contribution >= 4 is 24.8 Å². The van der Waals surface area contributed by atoms with Gasteiger partial charge in [-0.05, 0) is 37.5 Å². The Labute approximate surface area is 173 Å². The summed E-state index contributed by atoms with van der Waals surface area (Å²) in [7, 11) is -3.15. The number of nitrogens with zero attached hydrogens (tertiary/aromatic N) is 2. The number of unbranched alkanes of at least 4 members (excludes halogenated alkanes) is 3. The second kappa shape index (κ2) is 12.1. The Balaban J connectivity index is 2.07. The van der Waals surface area contributed by atoms with Crippen molar-refractivity contribution in [2.45, 2.75) is 58.1 Å². The van der Waals surface area contributed by atoms with Crippen LogP contribution in [-0.2, 0) is 4.57 Å². The van der Waals surface area contributed by atoms with Gasteiger partial charge in [-0.25, -0.2) is 0 Å². The van der Waals surface area contributed by atoms with Crippen molar-refractivity contribution in [3.63, 3.8) is 0 Å². The largest absolute Gasteiger partial charge is 0.426 e. The van der Waals surface area contributed by atoms with Crippen molar-refractivity contribution in [1.82, 2.24) is 4.98 Å². The van der Waals surface area contributed by atoms with Gasteiger partial charge in [0.05, 0.1) is 17.9 Å². The summed E-state index contributed by atoms with van der Waals surface area (Å²) in [6.07, 6.45) is 7.22. The van der Waals surface area contributed by atoms with E-state index in [-0.39, 0.29) is 0 Å². The van der Waals surface area contributed by atoms with E-state index in [1.54, 1.807) is 23.5 Å². The molecular weight excluding hydrogens is 387 g/mol. The van der Waals surface area contributed by atoms with Crippen LogP contribution in [0.2, 0.25) is 0 Å². The zero-order chi connectivity index (χ0) is 20.2. The molecule has 6 heteroatoms. The molecule has 0 aliphatic carbocycles. The third-order valence-corrected chi connectivity index (χ3v) is 7.58. The van der Waals surface area contributed by atoms with E-state index in [1.165, 1.54) is 5.56 Å². The van der Waals surface area contributed by atoms with Gasteiger partial charge in [0.2, 0.25) is 0 Å². The molecule has 0 aliphatic rings. The van der Waals surface area contributed by atoms with E-state index in [9.17, 15) is 4.57 Å². The molecule has 28 heavy (non-hydrogen) atoms. The van der Waals surface area contributed by atoms with Crippen LogP contribution in [-0.4, -0.2) is 16.7 Å². The Morgan fingerprint density at radius 2 is 1.93 bits per heavy atom. The van der Waals surface area contributed by atoms with Gasteiger partial charge in [0.25, 0.3) is 0 Å². The van der Waals surface area contributed by atoms with Crippen LogP contribution in [0.25, 0.3) is 0 Å². The SMILES string of the molecule is CCCCCCP(=O)(N=CSC(CC)c1ccccc1)Oc1ccc(C)nc1. The maximum Gasteiger partial charge on any atom is 0.362 e. The van der Waals surface area contributed by atoms with E-state index in [2.05, 4.69) is 35.7 Å². The van der Waals surface area contributed by atoms with Crippen LogP contribution in [0.4, 0.5) is 0 Å². The standard InChI is InChI=1S/C22H31N2O2PS/c1-4-6-7-11-16-27(25,26-21-15-14-19(3)23-17-21)24-18-28-22(5-2)20-12-9-8-10-13-20/h8-10,12-15,17-18,22H,4-7,11,16H2,1-3H3. The van der Waals surface area contributed by atoms with Gasteiger partial charge >= 0.3 is 7.52 Å². The fourth-order valence-electron chi connectivity index (χ4n) is 2.79. The number of hydrogen-bond donors (Lipinski definition) is 0. The zero-order valence-electron chi connectivity index (χ0n) is 17.1. The summed E-state index contributed by atoms with van der Waals surface area (Å²) >= 11 is 1.60. The Hall–Kier alpha value is -1.58. The molecule has 0 bridgehead atoms. The van der Waals surface area contributed by atoms with E-state index in [1.807, 2.05) is 37.3 Å². The van der Waals surface area contributed by atoms with Gasteiger partial charge in [-0.2, -0.15) is 4.76 Å². The first-order valence-corrected chi connectivity index (χ1v) is 12.7. The first-order chi connectivity index (χ1) is 13.6. The van der Waals surface area contributed by atoms with Crippen molar-refractivity contribution in [2.75, 3.05) is 6.16 Å². The predicted molar refractivity (Wildman–Crippen MR) is 122 cm³/mol. The van der Waals surface area contributed by atoms with Crippen LogP contribution in [0, 0.1) is 6.92 Å². The minimum Gasteiger partial charge on any atom is -0.426 e. The molecule has 0 N–H and O–H groups in total. The number of aryl methyl sites for hydroxylation is 1. The van der Waals surface area contributed by atoms with Gasteiger partial charge in [-0.3, -0.25) is 9.55 Å². The smallest absolute Gasteiger partial charge is 0.362 e. The van der Waals surface area contributed by atoms with Gasteiger partial charge in [0, 0.05) is 10.9 Å². The fourth-order valence-corrected chi connectivity index (χ4v) is 5.55. The summed E-state index contributed by atoms with van der Waals surface area (Å²) in [5.41, 5.74) is 3.88. The Kier molecular flexibility index (Phi) is 9.80. The molecule has 152 valence electrons. The van der Waals surface area contributed by atoms with Gasteiger partial charge in [0.15, 0.2) is 0 Å². The summed E-state index contributed by atoms with van der Waals surface area (Å²) in [6.45, 7) is 6.23. The minimum absolute atomic E-state index is 0.291. The fraction of sp³-hybridized carbons (Fsp3) is 0.455. The quantitative estimate of drug-likeness (QED) is 0.155. The first kappa shape index (κ1) is 22.7. The number of rotatable bonds is 12. The van der Waals surface area contributed by atoms with E-state index in [0.29, 0.717) is 17.2 Å². The average molecular weight is 419 g/mol. The maximum atomic E-state index is 13.4. The molecule has 2 atom stereocenters. The van der Waals surface area contributed by atoms with Crippen LogP contribution in [0.15, 0.2) is 53.4 Å². The Morgan fingerprint density at radius 1 is 1.14 bits per heavy atom. The average Bonchev–Trinajstić information content (AvgIpc) is 2.71. The highest BCUT2D eigenvalue weighted by molar-refractivity contribution is 8.12. The number of benzene rings is 1. The van der Waals surface area contributed by atoms with Crippen molar-refractivity contribution in [2.24, 2.45) is 4.76 Å². The summed E-state index contributed by atoms with van der Waals surface area (Å²) in [5.74, 6) is 0.515. The molecule has 0 amide bonds. The van der Waals surface area contributed by atoms with E-state index >= 15 is 0 Å². The van der Waals surface area contributed by atoms with Gasteiger partial charge in [-0.1, -0.05) is 63.4 Å².